The Morgan fingerprint density at radius 3 is 2.00 bits per heavy atom. The van der Waals surface area contributed by atoms with Crippen molar-refractivity contribution in [1.29, 1.82) is 0 Å². The van der Waals surface area contributed by atoms with Gasteiger partial charge in [-0.25, -0.2) is 8.42 Å². The second kappa shape index (κ2) is 14.5. The summed E-state index contributed by atoms with van der Waals surface area (Å²) < 4.78 is 29.3. The summed E-state index contributed by atoms with van der Waals surface area (Å²) in [4.78, 5) is 29.3. The molecule has 1 N–H and O–H groups in total. The summed E-state index contributed by atoms with van der Waals surface area (Å²) in [6.07, 6.45) is 1.14. The van der Waals surface area contributed by atoms with Gasteiger partial charge in [-0.15, -0.1) is 0 Å². The number of sulfonamides is 1. The van der Waals surface area contributed by atoms with Crippen LogP contribution in [0.1, 0.15) is 75.6 Å². The molecule has 0 heterocycles. The molecule has 0 spiro atoms. The molecule has 3 rings (SSSR count). The fraction of sp³-hybridized carbons (Fsp3) is 0.412. The molecule has 0 aliphatic heterocycles. The van der Waals surface area contributed by atoms with E-state index in [9.17, 15) is 18.0 Å². The van der Waals surface area contributed by atoms with Gasteiger partial charge in [0.25, 0.3) is 10.0 Å². The lowest BCUT2D eigenvalue weighted by Gasteiger charge is -2.34. The highest BCUT2D eigenvalue weighted by Crippen LogP contribution is 2.27. The van der Waals surface area contributed by atoms with Crippen LogP contribution in [0.25, 0.3) is 0 Å². The van der Waals surface area contributed by atoms with Gasteiger partial charge in [0.05, 0.1) is 10.6 Å². The molecule has 3 aromatic rings. The lowest BCUT2D eigenvalue weighted by Crippen LogP contribution is -2.53. The number of nitrogens with zero attached hydrogens (tertiary/aromatic N) is 2. The number of hydrogen-bond donors (Lipinski definition) is 1. The van der Waals surface area contributed by atoms with Gasteiger partial charge in [0.1, 0.15) is 12.6 Å². The predicted molar refractivity (Wildman–Crippen MR) is 170 cm³/mol. The molecular formula is C34H45N3O4S. The monoisotopic (exact) mass is 591 g/mol. The van der Waals surface area contributed by atoms with Crippen LogP contribution in [0.5, 0.6) is 0 Å². The topological polar surface area (TPSA) is 86.8 Å². The van der Waals surface area contributed by atoms with Crippen LogP contribution in [0, 0.1) is 13.8 Å². The van der Waals surface area contributed by atoms with Crippen LogP contribution >= 0.6 is 0 Å². The van der Waals surface area contributed by atoms with E-state index < -0.39 is 28.5 Å². The molecule has 2 atom stereocenters. The highest BCUT2D eigenvalue weighted by Gasteiger charge is 2.34. The average molecular weight is 592 g/mol. The number of amides is 2. The first-order valence-corrected chi connectivity index (χ1v) is 16.2. The third-order valence-corrected chi connectivity index (χ3v) is 9.51. The maximum absolute atomic E-state index is 14.2. The molecular weight excluding hydrogens is 546 g/mol. The van der Waals surface area contributed by atoms with Crippen molar-refractivity contribution in [3.63, 3.8) is 0 Å². The van der Waals surface area contributed by atoms with Crippen LogP contribution in [0.3, 0.4) is 0 Å². The predicted octanol–water partition coefficient (Wildman–Crippen LogP) is 6.34. The summed E-state index contributed by atoms with van der Waals surface area (Å²) in [6, 6.07) is 20.8. The Morgan fingerprint density at radius 2 is 1.45 bits per heavy atom. The van der Waals surface area contributed by atoms with E-state index in [4.69, 9.17) is 0 Å². The van der Waals surface area contributed by atoms with Gasteiger partial charge >= 0.3 is 0 Å². The third-order valence-electron chi connectivity index (χ3n) is 7.72. The summed E-state index contributed by atoms with van der Waals surface area (Å²) in [6.45, 7) is 13.5. The zero-order valence-electron chi connectivity index (χ0n) is 25.9. The molecule has 3 aromatic carbocycles. The zero-order valence-corrected chi connectivity index (χ0v) is 26.7. The van der Waals surface area contributed by atoms with E-state index in [0.29, 0.717) is 12.1 Å². The lowest BCUT2D eigenvalue weighted by atomic mass is 10.0. The summed E-state index contributed by atoms with van der Waals surface area (Å²) in [5.74, 6) is -0.433. The van der Waals surface area contributed by atoms with Crippen molar-refractivity contribution < 1.29 is 18.0 Å². The highest BCUT2D eigenvalue weighted by atomic mass is 32.2. The number of benzene rings is 3. The van der Waals surface area contributed by atoms with E-state index >= 15 is 0 Å². The smallest absolute Gasteiger partial charge is 0.264 e. The Bertz CT molecular complexity index is 1450. The number of aryl methyl sites for hydroxylation is 2. The van der Waals surface area contributed by atoms with Gasteiger partial charge in [-0.1, -0.05) is 81.8 Å². The Hall–Kier alpha value is -3.65. The lowest BCUT2D eigenvalue weighted by molar-refractivity contribution is -0.140. The first-order valence-electron chi connectivity index (χ1n) is 14.7. The maximum Gasteiger partial charge on any atom is 0.264 e. The number of carbonyl (C=O) groups excluding carboxylic acids is 2. The summed E-state index contributed by atoms with van der Waals surface area (Å²) in [5, 5.41) is 3.01. The van der Waals surface area contributed by atoms with Crippen molar-refractivity contribution in [1.82, 2.24) is 10.2 Å². The summed E-state index contributed by atoms with van der Waals surface area (Å²) in [7, 11) is -4.10. The van der Waals surface area contributed by atoms with Crippen molar-refractivity contribution in [2.75, 3.05) is 10.8 Å². The van der Waals surface area contributed by atoms with E-state index in [2.05, 4.69) is 19.2 Å². The standard InChI is InChI=1S/C34H45N3O4S/c1-8-27(7)35-34(39)32(9-2)36(22-29-13-11-10-12-26(29)6)33(38)23-37(30-18-16-28(17-19-30)24(3)4)42(40,41)31-20-14-25(5)15-21-31/h10-21,24,27,32H,8-9,22-23H2,1-7H3,(H,35,39)/t27-,32+/m0/s1. The molecule has 0 aliphatic rings. The van der Waals surface area contributed by atoms with Crippen LogP contribution in [-0.2, 0) is 26.2 Å². The minimum atomic E-state index is -4.10. The summed E-state index contributed by atoms with van der Waals surface area (Å²) >= 11 is 0. The van der Waals surface area contributed by atoms with Crippen LogP contribution in [0.2, 0.25) is 0 Å². The van der Waals surface area contributed by atoms with Gasteiger partial charge in [0.2, 0.25) is 11.8 Å². The Morgan fingerprint density at radius 1 is 0.833 bits per heavy atom. The number of anilines is 1. The number of rotatable bonds is 13. The largest absolute Gasteiger partial charge is 0.352 e. The van der Waals surface area contributed by atoms with E-state index in [-0.39, 0.29) is 29.3 Å². The zero-order chi connectivity index (χ0) is 31.0. The molecule has 0 saturated heterocycles. The van der Waals surface area contributed by atoms with Gasteiger partial charge in [0, 0.05) is 12.6 Å². The van der Waals surface area contributed by atoms with Crippen molar-refractivity contribution >= 4 is 27.5 Å². The number of nitrogens with one attached hydrogen (secondary N) is 1. The van der Waals surface area contributed by atoms with E-state index in [1.165, 1.54) is 4.90 Å². The number of hydrogen-bond acceptors (Lipinski definition) is 4. The Balaban J connectivity index is 2.08. The minimum absolute atomic E-state index is 0.0557. The van der Waals surface area contributed by atoms with Crippen LogP contribution in [-0.4, -0.2) is 43.8 Å². The molecule has 226 valence electrons. The van der Waals surface area contributed by atoms with Crippen molar-refractivity contribution in [3.05, 3.63) is 95.1 Å². The first-order chi connectivity index (χ1) is 19.9. The van der Waals surface area contributed by atoms with Crippen LogP contribution in [0.4, 0.5) is 5.69 Å². The minimum Gasteiger partial charge on any atom is -0.352 e. The van der Waals surface area contributed by atoms with Crippen molar-refractivity contribution in [2.45, 2.75) is 90.7 Å². The van der Waals surface area contributed by atoms with Crippen molar-refractivity contribution in [3.8, 4) is 0 Å². The van der Waals surface area contributed by atoms with Gasteiger partial charge in [0.15, 0.2) is 0 Å². The van der Waals surface area contributed by atoms with Gasteiger partial charge in [-0.05, 0) is 80.5 Å². The maximum atomic E-state index is 14.2. The fourth-order valence-corrected chi connectivity index (χ4v) is 6.14. The molecule has 0 radical (unpaired) electrons. The van der Waals surface area contributed by atoms with Crippen molar-refractivity contribution in [2.24, 2.45) is 0 Å². The number of carbonyl (C=O) groups is 2. The van der Waals surface area contributed by atoms with Gasteiger partial charge < -0.3 is 10.2 Å². The molecule has 2 amide bonds. The summed E-state index contributed by atoms with van der Waals surface area (Å²) in [5.41, 5.74) is 4.27. The molecule has 8 heteroatoms. The SMILES string of the molecule is CC[C@H](C(=O)N[C@@H](C)CC)N(Cc1ccccc1C)C(=O)CN(c1ccc(C(C)C)cc1)S(=O)(=O)c1ccc(C)cc1. The second-order valence-corrected chi connectivity index (χ2v) is 13.1. The molecule has 0 bridgehead atoms. The third kappa shape index (κ3) is 8.00. The molecule has 0 aromatic heterocycles. The Kier molecular flexibility index (Phi) is 11.3. The van der Waals surface area contributed by atoms with E-state index in [1.807, 2.05) is 71.0 Å². The molecule has 0 unspecified atom stereocenters. The molecule has 7 nitrogen and oxygen atoms in total. The molecule has 42 heavy (non-hydrogen) atoms. The first kappa shape index (κ1) is 32.9. The normalized spacial score (nSPS) is 13.0. The second-order valence-electron chi connectivity index (χ2n) is 11.3. The molecule has 0 saturated carbocycles. The molecule has 0 fully saturated rings. The van der Waals surface area contributed by atoms with E-state index in [1.54, 1.807) is 36.4 Å². The fourth-order valence-electron chi connectivity index (χ4n) is 4.72. The Labute approximate surface area is 252 Å². The van der Waals surface area contributed by atoms with E-state index in [0.717, 1.165) is 33.0 Å². The molecule has 0 aliphatic carbocycles. The van der Waals surface area contributed by atoms with Crippen LogP contribution in [0.15, 0.2) is 77.7 Å². The quantitative estimate of drug-likeness (QED) is 0.251. The highest BCUT2D eigenvalue weighted by molar-refractivity contribution is 7.92. The average Bonchev–Trinajstić information content (AvgIpc) is 2.96. The van der Waals surface area contributed by atoms with Gasteiger partial charge in [-0.2, -0.15) is 0 Å². The van der Waals surface area contributed by atoms with Gasteiger partial charge in [-0.3, -0.25) is 13.9 Å². The van der Waals surface area contributed by atoms with Crippen LogP contribution < -0.4 is 9.62 Å².